The molecule has 3 aromatic rings. The van der Waals surface area contributed by atoms with Crippen LogP contribution in [0.1, 0.15) is 37.9 Å². The SMILES string of the molecule is C#CCOc1c(Cl)cc(/C=c2\sc3n(c2=O)[C@@H](c2ccc(OCC)c(OCC)c2)C(C(=O)OC)=CN=3)cc1OCC. The molecule has 1 aromatic heterocycles. The van der Waals surface area contributed by atoms with Crippen molar-refractivity contribution in [2.45, 2.75) is 26.8 Å². The largest absolute Gasteiger partial charge is 0.490 e. The first kappa shape index (κ1) is 29.8. The highest BCUT2D eigenvalue weighted by Crippen LogP contribution is 2.37. The van der Waals surface area contributed by atoms with Gasteiger partial charge in [-0.3, -0.25) is 9.36 Å². The maximum Gasteiger partial charge on any atom is 0.337 e. The summed E-state index contributed by atoms with van der Waals surface area (Å²) < 4.78 is 29.7. The van der Waals surface area contributed by atoms with E-state index < -0.39 is 12.0 Å². The maximum atomic E-state index is 13.9. The minimum Gasteiger partial charge on any atom is -0.490 e. The standard InChI is InChI=1S/C30H29ClN2O7S/c1-6-12-40-27-21(31)13-18(14-24(27)39-9-4)15-25-28(34)33-26(20(29(35)36-5)17-32-30(33)41-25)19-10-11-22(37-7-2)23(16-19)38-8-3/h1,10-11,13-17,26H,7-9,12H2,2-5H3/b25-15-/t26-/m0/s1. The number of carbonyl (C=O) groups excluding carboxylic acids is 1. The van der Waals surface area contributed by atoms with E-state index in [1.807, 2.05) is 20.8 Å². The molecular weight excluding hydrogens is 568 g/mol. The Hall–Kier alpha value is -4.20. The van der Waals surface area contributed by atoms with Crippen molar-refractivity contribution in [3.63, 3.8) is 0 Å². The molecule has 0 fully saturated rings. The zero-order valence-corrected chi connectivity index (χ0v) is 24.6. The van der Waals surface area contributed by atoms with E-state index in [0.29, 0.717) is 63.3 Å². The number of hydrogen-bond acceptors (Lipinski definition) is 9. The summed E-state index contributed by atoms with van der Waals surface area (Å²) in [6, 6.07) is 7.89. The van der Waals surface area contributed by atoms with E-state index in [1.165, 1.54) is 29.2 Å². The monoisotopic (exact) mass is 596 g/mol. The molecule has 4 rings (SSSR count). The van der Waals surface area contributed by atoms with Crippen LogP contribution in [0, 0.1) is 12.3 Å². The molecule has 1 atom stereocenters. The van der Waals surface area contributed by atoms with Gasteiger partial charge in [-0.25, -0.2) is 9.79 Å². The molecule has 0 spiro atoms. The first-order chi connectivity index (χ1) is 19.9. The predicted molar refractivity (Wildman–Crippen MR) is 157 cm³/mol. The van der Waals surface area contributed by atoms with Gasteiger partial charge < -0.3 is 23.7 Å². The molecular formula is C30H29ClN2O7S. The Labute approximate surface area is 246 Å². The lowest BCUT2D eigenvalue weighted by molar-refractivity contribution is -0.136. The molecule has 41 heavy (non-hydrogen) atoms. The first-order valence-electron chi connectivity index (χ1n) is 12.9. The number of benzene rings is 2. The molecule has 11 heteroatoms. The number of carbonyl (C=O) groups is 1. The maximum absolute atomic E-state index is 13.9. The van der Waals surface area contributed by atoms with Crippen molar-refractivity contribution in [3.05, 3.63) is 77.9 Å². The van der Waals surface area contributed by atoms with E-state index in [9.17, 15) is 9.59 Å². The van der Waals surface area contributed by atoms with Gasteiger partial charge in [0.1, 0.15) is 6.61 Å². The van der Waals surface area contributed by atoms with Gasteiger partial charge in [0.15, 0.2) is 27.8 Å². The smallest absolute Gasteiger partial charge is 0.337 e. The van der Waals surface area contributed by atoms with E-state index >= 15 is 0 Å². The molecule has 0 saturated carbocycles. The minimum absolute atomic E-state index is 0.0246. The van der Waals surface area contributed by atoms with Crippen LogP contribution in [0.4, 0.5) is 0 Å². The van der Waals surface area contributed by atoms with Gasteiger partial charge in [0.25, 0.3) is 5.56 Å². The van der Waals surface area contributed by atoms with Gasteiger partial charge in [-0.05, 0) is 62.2 Å². The summed E-state index contributed by atoms with van der Waals surface area (Å²) in [6.07, 6.45) is 8.45. The average molecular weight is 597 g/mol. The quantitative estimate of drug-likeness (QED) is 0.245. The molecule has 214 valence electrons. The summed E-state index contributed by atoms with van der Waals surface area (Å²) in [5.74, 6) is 3.59. The fourth-order valence-electron chi connectivity index (χ4n) is 4.33. The molecule has 0 N–H and O–H groups in total. The fraction of sp³-hybridized carbons (Fsp3) is 0.300. The van der Waals surface area contributed by atoms with E-state index in [1.54, 1.807) is 36.4 Å². The lowest BCUT2D eigenvalue weighted by Gasteiger charge is -2.23. The van der Waals surface area contributed by atoms with Crippen LogP contribution in [0.5, 0.6) is 23.0 Å². The number of thiazole rings is 1. The Morgan fingerprint density at radius 3 is 2.46 bits per heavy atom. The van der Waals surface area contributed by atoms with Gasteiger partial charge in [-0.1, -0.05) is 34.9 Å². The van der Waals surface area contributed by atoms with Crippen LogP contribution in [-0.4, -0.2) is 44.1 Å². The van der Waals surface area contributed by atoms with Crippen LogP contribution < -0.4 is 33.8 Å². The second kappa shape index (κ2) is 13.4. The van der Waals surface area contributed by atoms with Crippen molar-refractivity contribution in [1.29, 1.82) is 0 Å². The van der Waals surface area contributed by atoms with E-state index in [0.717, 1.165) is 0 Å². The third kappa shape index (κ3) is 6.26. The highest BCUT2D eigenvalue weighted by Gasteiger charge is 2.31. The highest BCUT2D eigenvalue weighted by atomic mass is 35.5. The molecule has 0 amide bonds. The van der Waals surface area contributed by atoms with Gasteiger partial charge in [-0.2, -0.15) is 0 Å². The number of rotatable bonds is 11. The average Bonchev–Trinajstić information content (AvgIpc) is 3.27. The van der Waals surface area contributed by atoms with Crippen molar-refractivity contribution in [3.8, 4) is 35.3 Å². The number of hydrogen-bond donors (Lipinski definition) is 0. The van der Waals surface area contributed by atoms with Gasteiger partial charge >= 0.3 is 5.97 Å². The molecule has 1 aliphatic heterocycles. The molecule has 0 aliphatic carbocycles. The Bertz CT molecular complexity index is 1700. The van der Waals surface area contributed by atoms with E-state index in [2.05, 4.69) is 10.9 Å². The van der Waals surface area contributed by atoms with Gasteiger partial charge in [0.2, 0.25) is 0 Å². The zero-order chi connectivity index (χ0) is 29.5. The number of fused-ring (bicyclic) bond motifs is 1. The Morgan fingerprint density at radius 2 is 1.78 bits per heavy atom. The Kier molecular flexibility index (Phi) is 9.76. The minimum atomic E-state index is -0.808. The predicted octanol–water partition coefficient (Wildman–Crippen LogP) is 3.88. The highest BCUT2D eigenvalue weighted by molar-refractivity contribution is 7.07. The van der Waals surface area contributed by atoms with Crippen LogP contribution >= 0.6 is 22.9 Å². The third-order valence-corrected chi connectivity index (χ3v) is 7.22. The number of nitrogens with zero attached hydrogens (tertiary/aromatic N) is 2. The van der Waals surface area contributed by atoms with Crippen LogP contribution in [0.3, 0.4) is 0 Å². The number of ether oxygens (including phenoxy) is 5. The Balaban J connectivity index is 1.88. The first-order valence-corrected chi connectivity index (χ1v) is 14.1. The summed E-state index contributed by atoms with van der Waals surface area (Å²) in [4.78, 5) is 31.5. The number of methoxy groups -OCH3 is 1. The third-order valence-electron chi connectivity index (χ3n) is 5.94. The molecule has 9 nitrogen and oxygen atoms in total. The molecule has 0 radical (unpaired) electrons. The normalized spacial score (nSPS) is 14.3. The number of terminal acetylenes is 1. The van der Waals surface area contributed by atoms with Crippen molar-refractivity contribution < 1.29 is 28.5 Å². The topological polar surface area (TPSA) is 97.6 Å². The van der Waals surface area contributed by atoms with Crippen molar-refractivity contribution in [2.75, 3.05) is 33.5 Å². The summed E-state index contributed by atoms with van der Waals surface area (Å²) in [7, 11) is 1.28. The molecule has 2 heterocycles. The molecule has 2 aromatic carbocycles. The fourth-order valence-corrected chi connectivity index (χ4v) is 5.57. The van der Waals surface area contributed by atoms with E-state index in [-0.39, 0.29) is 22.8 Å². The number of halogens is 1. The molecule has 0 bridgehead atoms. The van der Waals surface area contributed by atoms with Gasteiger partial charge in [-0.15, -0.1) is 6.42 Å². The lowest BCUT2D eigenvalue weighted by atomic mass is 9.97. The van der Waals surface area contributed by atoms with Gasteiger partial charge in [0.05, 0.1) is 48.1 Å². The van der Waals surface area contributed by atoms with Crippen LogP contribution in [-0.2, 0) is 9.53 Å². The van der Waals surface area contributed by atoms with Crippen molar-refractivity contribution in [1.82, 2.24) is 4.57 Å². The second-order valence-corrected chi connectivity index (χ2v) is 9.92. The van der Waals surface area contributed by atoms with E-state index in [4.69, 9.17) is 41.7 Å². The summed E-state index contributed by atoms with van der Waals surface area (Å²) in [5.41, 5.74) is 1.10. The van der Waals surface area contributed by atoms with Crippen LogP contribution in [0.2, 0.25) is 5.02 Å². The molecule has 0 unspecified atom stereocenters. The van der Waals surface area contributed by atoms with Crippen molar-refractivity contribution in [2.24, 2.45) is 4.99 Å². The molecule has 1 aliphatic rings. The summed E-state index contributed by atoms with van der Waals surface area (Å²) in [6.45, 7) is 6.83. The lowest BCUT2D eigenvalue weighted by Crippen LogP contribution is -2.39. The van der Waals surface area contributed by atoms with Crippen molar-refractivity contribution >= 4 is 35.0 Å². The molecule has 0 saturated heterocycles. The Morgan fingerprint density at radius 1 is 1.07 bits per heavy atom. The van der Waals surface area contributed by atoms with Gasteiger partial charge in [0, 0.05) is 6.20 Å². The van der Waals surface area contributed by atoms with Crippen LogP contribution in [0.15, 0.2) is 51.9 Å². The zero-order valence-electron chi connectivity index (χ0n) is 23.1. The van der Waals surface area contributed by atoms with Crippen LogP contribution in [0.25, 0.3) is 6.08 Å². The number of esters is 1. The summed E-state index contributed by atoms with van der Waals surface area (Å²) >= 11 is 7.67. The number of aromatic nitrogens is 1. The second-order valence-electron chi connectivity index (χ2n) is 8.50. The summed E-state index contributed by atoms with van der Waals surface area (Å²) in [5, 5.41) is 0.286.